The highest BCUT2D eigenvalue weighted by molar-refractivity contribution is 6.31. The number of nitrogens with one attached hydrogen (secondary N) is 1. The first-order valence-electron chi connectivity index (χ1n) is 5.25. The van der Waals surface area contributed by atoms with E-state index in [1.807, 2.05) is 43.4 Å². The van der Waals surface area contributed by atoms with Crippen LogP contribution in [0.2, 0.25) is 10.0 Å². The van der Waals surface area contributed by atoms with Gasteiger partial charge in [0.1, 0.15) is 0 Å². The van der Waals surface area contributed by atoms with Crippen LogP contribution in [0.3, 0.4) is 0 Å². The van der Waals surface area contributed by atoms with Gasteiger partial charge in [0.15, 0.2) is 0 Å². The van der Waals surface area contributed by atoms with Crippen molar-refractivity contribution >= 4 is 23.2 Å². The van der Waals surface area contributed by atoms with Gasteiger partial charge in [-0.3, -0.25) is 4.98 Å². The molecule has 0 bridgehead atoms. The summed E-state index contributed by atoms with van der Waals surface area (Å²) in [6, 6.07) is 11.3. The van der Waals surface area contributed by atoms with Gasteiger partial charge in [-0.2, -0.15) is 0 Å². The minimum Gasteiger partial charge on any atom is -0.308 e. The van der Waals surface area contributed by atoms with Gasteiger partial charge in [-0.25, -0.2) is 0 Å². The number of nitrogens with zero attached hydrogens (tertiary/aromatic N) is 1. The molecule has 0 aliphatic carbocycles. The minimum atomic E-state index is -0.0269. The molecular weight excluding hydrogens is 255 g/mol. The maximum atomic E-state index is 6.15. The Morgan fingerprint density at radius 2 is 1.82 bits per heavy atom. The smallest absolute Gasteiger partial charge is 0.0804 e. The summed E-state index contributed by atoms with van der Waals surface area (Å²) in [5.41, 5.74) is 1.90. The number of pyridine rings is 1. The van der Waals surface area contributed by atoms with Crippen LogP contribution in [0.5, 0.6) is 0 Å². The summed E-state index contributed by atoms with van der Waals surface area (Å²) in [5, 5.41) is 4.58. The van der Waals surface area contributed by atoms with Crippen molar-refractivity contribution in [2.45, 2.75) is 6.04 Å². The summed E-state index contributed by atoms with van der Waals surface area (Å²) < 4.78 is 0. The molecule has 1 atom stereocenters. The van der Waals surface area contributed by atoms with Gasteiger partial charge >= 0.3 is 0 Å². The molecular formula is C13H12Cl2N2. The Balaban J connectivity index is 2.40. The lowest BCUT2D eigenvalue weighted by atomic mass is 10.0. The maximum Gasteiger partial charge on any atom is 0.0804 e. The molecule has 0 amide bonds. The molecule has 0 spiro atoms. The zero-order valence-corrected chi connectivity index (χ0v) is 10.8. The van der Waals surface area contributed by atoms with Crippen molar-refractivity contribution in [3.8, 4) is 0 Å². The van der Waals surface area contributed by atoms with Crippen LogP contribution in [-0.4, -0.2) is 12.0 Å². The lowest BCUT2D eigenvalue weighted by Crippen LogP contribution is -2.19. The Kier molecular flexibility index (Phi) is 4.00. The van der Waals surface area contributed by atoms with E-state index >= 15 is 0 Å². The lowest BCUT2D eigenvalue weighted by Gasteiger charge is -2.17. The third-order valence-corrected chi connectivity index (χ3v) is 3.12. The highest BCUT2D eigenvalue weighted by Gasteiger charge is 2.15. The first-order valence-corrected chi connectivity index (χ1v) is 6.01. The maximum absolute atomic E-state index is 6.15. The topological polar surface area (TPSA) is 24.9 Å². The second-order valence-corrected chi connectivity index (χ2v) is 4.49. The van der Waals surface area contributed by atoms with E-state index in [0.29, 0.717) is 5.02 Å². The first-order chi connectivity index (χ1) is 8.22. The fourth-order valence-corrected chi connectivity index (χ4v) is 2.08. The molecule has 0 aliphatic rings. The fraction of sp³-hybridized carbons (Fsp3) is 0.154. The third-order valence-electron chi connectivity index (χ3n) is 2.55. The van der Waals surface area contributed by atoms with Crippen molar-refractivity contribution in [1.29, 1.82) is 0 Å². The summed E-state index contributed by atoms with van der Waals surface area (Å²) in [7, 11) is 1.88. The van der Waals surface area contributed by atoms with Crippen molar-refractivity contribution < 1.29 is 0 Å². The normalized spacial score (nSPS) is 12.4. The number of benzene rings is 1. The standard InChI is InChI=1S/C13H12Cl2N2/c1-16-12(9-4-6-10(14)7-5-9)13-11(15)3-2-8-17-13/h2-8,12,16H,1H3. The van der Waals surface area contributed by atoms with E-state index in [0.717, 1.165) is 16.3 Å². The molecule has 0 aliphatic heterocycles. The molecule has 88 valence electrons. The molecule has 2 nitrogen and oxygen atoms in total. The molecule has 1 unspecified atom stereocenters. The van der Waals surface area contributed by atoms with Crippen molar-refractivity contribution in [3.63, 3.8) is 0 Å². The summed E-state index contributed by atoms with van der Waals surface area (Å²) in [6.45, 7) is 0. The highest BCUT2D eigenvalue weighted by atomic mass is 35.5. The Bertz CT molecular complexity index is 497. The van der Waals surface area contributed by atoms with Gasteiger partial charge in [0.2, 0.25) is 0 Å². The van der Waals surface area contributed by atoms with E-state index in [9.17, 15) is 0 Å². The van der Waals surface area contributed by atoms with Crippen LogP contribution in [-0.2, 0) is 0 Å². The number of hydrogen-bond donors (Lipinski definition) is 1. The van der Waals surface area contributed by atoms with Crippen LogP contribution in [0.1, 0.15) is 17.3 Å². The van der Waals surface area contributed by atoms with Gasteiger partial charge in [0.25, 0.3) is 0 Å². The predicted octanol–water partition coefficient (Wildman–Crippen LogP) is 3.70. The van der Waals surface area contributed by atoms with Gasteiger partial charge in [0.05, 0.1) is 16.8 Å². The van der Waals surface area contributed by atoms with E-state index < -0.39 is 0 Å². The summed E-state index contributed by atoms with van der Waals surface area (Å²) in [5.74, 6) is 0. The molecule has 4 heteroatoms. The lowest BCUT2D eigenvalue weighted by molar-refractivity contribution is 0.671. The van der Waals surface area contributed by atoms with Crippen molar-refractivity contribution in [2.75, 3.05) is 7.05 Å². The molecule has 0 saturated carbocycles. The third kappa shape index (κ3) is 2.78. The van der Waals surface area contributed by atoms with Gasteiger partial charge in [-0.15, -0.1) is 0 Å². The molecule has 17 heavy (non-hydrogen) atoms. The average molecular weight is 267 g/mol. The average Bonchev–Trinajstić information content (AvgIpc) is 2.35. The Labute approximate surface area is 111 Å². The van der Waals surface area contributed by atoms with E-state index in [2.05, 4.69) is 10.3 Å². The Hall–Kier alpha value is -1.09. The van der Waals surface area contributed by atoms with Gasteiger partial charge < -0.3 is 5.32 Å². The molecule has 2 rings (SSSR count). The second kappa shape index (κ2) is 5.50. The van der Waals surface area contributed by atoms with Crippen molar-refractivity contribution in [1.82, 2.24) is 10.3 Å². The number of hydrogen-bond acceptors (Lipinski definition) is 2. The van der Waals surface area contributed by atoms with Crippen molar-refractivity contribution in [3.05, 3.63) is 63.9 Å². The molecule has 1 aromatic carbocycles. The van der Waals surface area contributed by atoms with Gasteiger partial charge in [-0.1, -0.05) is 35.3 Å². The quantitative estimate of drug-likeness (QED) is 0.917. The fourth-order valence-electron chi connectivity index (χ4n) is 1.73. The summed E-state index contributed by atoms with van der Waals surface area (Å²) in [4.78, 5) is 4.32. The van der Waals surface area contributed by atoms with Crippen molar-refractivity contribution in [2.24, 2.45) is 0 Å². The van der Waals surface area contributed by atoms with Crippen LogP contribution < -0.4 is 5.32 Å². The molecule has 1 heterocycles. The Morgan fingerprint density at radius 3 is 2.41 bits per heavy atom. The summed E-state index contributed by atoms with van der Waals surface area (Å²) in [6.07, 6.45) is 1.74. The molecule has 0 fully saturated rings. The van der Waals surface area contributed by atoms with Gasteiger partial charge in [0, 0.05) is 11.2 Å². The number of rotatable bonds is 3. The molecule has 2 aromatic rings. The monoisotopic (exact) mass is 266 g/mol. The zero-order valence-electron chi connectivity index (χ0n) is 9.32. The van der Waals surface area contributed by atoms with Crippen LogP contribution in [0.4, 0.5) is 0 Å². The minimum absolute atomic E-state index is 0.0269. The molecule has 0 saturated heterocycles. The van der Waals surface area contributed by atoms with Crippen LogP contribution in [0.25, 0.3) is 0 Å². The molecule has 0 radical (unpaired) electrons. The van der Waals surface area contributed by atoms with Crippen LogP contribution >= 0.6 is 23.2 Å². The Morgan fingerprint density at radius 1 is 1.12 bits per heavy atom. The number of aromatic nitrogens is 1. The number of halogens is 2. The van der Waals surface area contributed by atoms with E-state index in [4.69, 9.17) is 23.2 Å². The van der Waals surface area contributed by atoms with Crippen LogP contribution in [0, 0.1) is 0 Å². The largest absolute Gasteiger partial charge is 0.308 e. The predicted molar refractivity (Wildman–Crippen MR) is 71.6 cm³/mol. The van der Waals surface area contributed by atoms with Gasteiger partial charge in [-0.05, 0) is 36.9 Å². The van der Waals surface area contributed by atoms with Crippen LogP contribution in [0.15, 0.2) is 42.6 Å². The SMILES string of the molecule is CNC(c1ccc(Cl)cc1)c1ncccc1Cl. The van der Waals surface area contributed by atoms with E-state index in [-0.39, 0.29) is 6.04 Å². The zero-order chi connectivity index (χ0) is 12.3. The first kappa shape index (κ1) is 12.4. The molecule has 1 N–H and O–H groups in total. The summed E-state index contributed by atoms with van der Waals surface area (Å²) >= 11 is 12.0. The molecule has 1 aromatic heterocycles. The van der Waals surface area contributed by atoms with E-state index in [1.54, 1.807) is 6.20 Å². The second-order valence-electron chi connectivity index (χ2n) is 3.64. The highest BCUT2D eigenvalue weighted by Crippen LogP contribution is 2.26. The van der Waals surface area contributed by atoms with E-state index in [1.165, 1.54) is 0 Å².